The minimum Gasteiger partial charge on any atom is -0.345 e. The second-order valence-corrected chi connectivity index (χ2v) is 5.40. The minimum atomic E-state index is -0.0951. The number of para-hydroxylation sites is 2. The number of fused-ring (bicyclic) bond motifs is 1. The van der Waals surface area contributed by atoms with Gasteiger partial charge >= 0.3 is 0 Å². The van der Waals surface area contributed by atoms with Crippen molar-refractivity contribution in [1.29, 1.82) is 0 Å². The van der Waals surface area contributed by atoms with Crippen molar-refractivity contribution < 1.29 is 4.79 Å². The third-order valence-electron chi connectivity index (χ3n) is 3.94. The number of hydrogen-bond donors (Lipinski definition) is 2. The van der Waals surface area contributed by atoms with Gasteiger partial charge in [-0.1, -0.05) is 12.1 Å². The van der Waals surface area contributed by atoms with Crippen LogP contribution in [0.2, 0.25) is 0 Å². The Balaban J connectivity index is 0.00000121. The first kappa shape index (κ1) is 18.7. The molecule has 2 N–H and O–H groups in total. The lowest BCUT2D eigenvalue weighted by Crippen LogP contribution is -2.41. The maximum atomic E-state index is 12.1. The van der Waals surface area contributed by atoms with Crippen molar-refractivity contribution in [2.45, 2.75) is 31.8 Å². The molecule has 22 heavy (non-hydrogen) atoms. The van der Waals surface area contributed by atoms with Crippen molar-refractivity contribution in [2.24, 2.45) is 7.05 Å². The van der Waals surface area contributed by atoms with E-state index in [1.54, 1.807) is 0 Å². The zero-order valence-electron chi connectivity index (χ0n) is 12.7. The third kappa shape index (κ3) is 3.54. The predicted octanol–water partition coefficient (Wildman–Crippen LogP) is 2.35. The molecule has 3 rings (SSSR count). The van der Waals surface area contributed by atoms with Gasteiger partial charge in [0.05, 0.1) is 23.1 Å². The molecule has 1 aliphatic rings. The van der Waals surface area contributed by atoms with Gasteiger partial charge in [-0.25, -0.2) is 4.98 Å². The molecule has 1 aromatic carbocycles. The molecule has 2 heterocycles. The van der Waals surface area contributed by atoms with Gasteiger partial charge in [-0.05, 0) is 38.4 Å². The Bertz CT molecular complexity index is 638. The van der Waals surface area contributed by atoms with Crippen LogP contribution in [0.5, 0.6) is 0 Å². The molecule has 0 bridgehead atoms. The zero-order valence-corrected chi connectivity index (χ0v) is 14.3. The van der Waals surface area contributed by atoms with Gasteiger partial charge < -0.3 is 15.2 Å². The fraction of sp³-hybridized carbons (Fsp3) is 0.467. The first-order valence-electron chi connectivity index (χ1n) is 7.12. The summed E-state index contributed by atoms with van der Waals surface area (Å²) in [5.41, 5.74) is 2.05. The molecule has 0 spiro atoms. The maximum Gasteiger partial charge on any atom is 0.237 e. The summed E-state index contributed by atoms with van der Waals surface area (Å²) in [5.74, 6) is 0.958. The van der Waals surface area contributed by atoms with Crippen molar-refractivity contribution in [3.63, 3.8) is 0 Å². The quantitative estimate of drug-likeness (QED) is 0.898. The number of imidazole rings is 1. The van der Waals surface area contributed by atoms with E-state index in [4.69, 9.17) is 0 Å². The van der Waals surface area contributed by atoms with Crippen molar-refractivity contribution in [3.8, 4) is 0 Å². The van der Waals surface area contributed by atoms with E-state index in [2.05, 4.69) is 15.6 Å². The fourth-order valence-corrected chi connectivity index (χ4v) is 2.84. The Hall–Kier alpha value is -1.30. The summed E-state index contributed by atoms with van der Waals surface area (Å²) in [4.78, 5) is 16.8. The summed E-state index contributed by atoms with van der Waals surface area (Å²) in [6.45, 7) is 2.91. The molecule has 1 saturated heterocycles. The summed E-state index contributed by atoms with van der Waals surface area (Å²) in [7, 11) is 1.99. The van der Waals surface area contributed by atoms with E-state index in [0.29, 0.717) is 0 Å². The molecule has 1 amide bonds. The van der Waals surface area contributed by atoms with Crippen LogP contribution < -0.4 is 10.6 Å². The molecule has 2 aromatic rings. The average molecular weight is 345 g/mol. The van der Waals surface area contributed by atoms with Gasteiger partial charge in [0.15, 0.2) is 0 Å². The van der Waals surface area contributed by atoms with Crippen LogP contribution in [0.25, 0.3) is 11.0 Å². The molecule has 1 aliphatic heterocycles. The normalized spacial score (nSPS) is 18.4. The molecule has 2 atom stereocenters. The Kier molecular flexibility index (Phi) is 6.66. The van der Waals surface area contributed by atoms with Crippen molar-refractivity contribution >= 4 is 41.8 Å². The molecular weight excluding hydrogens is 323 g/mol. The average Bonchev–Trinajstić information content (AvgIpc) is 3.07. The number of halogens is 2. The Labute approximate surface area is 142 Å². The first-order chi connectivity index (χ1) is 9.66. The summed E-state index contributed by atoms with van der Waals surface area (Å²) >= 11 is 0. The minimum absolute atomic E-state index is 0. The predicted molar refractivity (Wildman–Crippen MR) is 92.8 cm³/mol. The molecule has 7 heteroatoms. The number of amides is 1. The molecule has 1 fully saturated rings. The second-order valence-electron chi connectivity index (χ2n) is 5.40. The van der Waals surface area contributed by atoms with Gasteiger partial charge in [0.1, 0.15) is 5.82 Å². The summed E-state index contributed by atoms with van der Waals surface area (Å²) in [6, 6.07) is 7.86. The van der Waals surface area contributed by atoms with Gasteiger partial charge in [-0.2, -0.15) is 0 Å². The van der Waals surface area contributed by atoms with Gasteiger partial charge in [0.25, 0.3) is 0 Å². The number of carbonyl (C=O) groups is 1. The van der Waals surface area contributed by atoms with E-state index in [0.717, 1.165) is 36.2 Å². The maximum absolute atomic E-state index is 12.1. The topological polar surface area (TPSA) is 59.0 Å². The lowest BCUT2D eigenvalue weighted by molar-refractivity contribution is -0.123. The van der Waals surface area contributed by atoms with Crippen LogP contribution in [0.4, 0.5) is 0 Å². The lowest BCUT2D eigenvalue weighted by atomic mass is 10.2. The number of hydrogen-bond acceptors (Lipinski definition) is 3. The molecule has 0 radical (unpaired) electrons. The Morgan fingerprint density at radius 2 is 2.14 bits per heavy atom. The molecule has 5 nitrogen and oxygen atoms in total. The number of aryl methyl sites for hydroxylation is 1. The highest BCUT2D eigenvalue weighted by molar-refractivity contribution is 5.85. The van der Waals surface area contributed by atoms with E-state index in [9.17, 15) is 4.79 Å². The van der Waals surface area contributed by atoms with Crippen molar-refractivity contribution in [2.75, 3.05) is 6.54 Å². The van der Waals surface area contributed by atoms with Gasteiger partial charge in [0.2, 0.25) is 5.91 Å². The number of benzene rings is 1. The van der Waals surface area contributed by atoms with E-state index >= 15 is 0 Å². The number of aromatic nitrogens is 2. The van der Waals surface area contributed by atoms with Crippen LogP contribution in [0.15, 0.2) is 24.3 Å². The zero-order chi connectivity index (χ0) is 14.1. The summed E-state index contributed by atoms with van der Waals surface area (Å²) < 4.78 is 2.04. The Morgan fingerprint density at radius 3 is 2.77 bits per heavy atom. The largest absolute Gasteiger partial charge is 0.345 e. The monoisotopic (exact) mass is 344 g/mol. The molecule has 1 aromatic heterocycles. The lowest BCUT2D eigenvalue weighted by Gasteiger charge is -2.17. The standard InChI is InChI=1S/C15H20N4O.2ClH/c1-10(17-15(20)12-7-5-9-16-12)14-18-11-6-3-4-8-13(11)19(14)2;;/h3-4,6,8,10,12,16H,5,7,9H2,1-2H3,(H,17,20);2*1H. The Morgan fingerprint density at radius 1 is 1.41 bits per heavy atom. The molecule has 0 saturated carbocycles. The first-order valence-corrected chi connectivity index (χ1v) is 7.12. The number of nitrogens with zero attached hydrogens (tertiary/aromatic N) is 2. The van der Waals surface area contributed by atoms with Crippen LogP contribution in [-0.4, -0.2) is 28.0 Å². The summed E-state index contributed by atoms with van der Waals surface area (Å²) in [5, 5.41) is 6.27. The SMILES string of the molecule is CC(NC(=O)C1CCCN1)c1nc2ccccc2n1C.Cl.Cl. The van der Waals surface area contributed by atoms with E-state index in [1.165, 1.54) is 0 Å². The third-order valence-corrected chi connectivity index (χ3v) is 3.94. The van der Waals surface area contributed by atoms with E-state index in [-0.39, 0.29) is 42.8 Å². The highest BCUT2D eigenvalue weighted by Crippen LogP contribution is 2.19. The van der Waals surface area contributed by atoms with Crippen molar-refractivity contribution in [1.82, 2.24) is 20.2 Å². The second kappa shape index (κ2) is 7.81. The van der Waals surface area contributed by atoms with Crippen LogP contribution in [0.1, 0.15) is 31.6 Å². The van der Waals surface area contributed by atoms with Crippen molar-refractivity contribution in [3.05, 3.63) is 30.1 Å². The van der Waals surface area contributed by atoms with Gasteiger partial charge in [0, 0.05) is 7.05 Å². The number of carbonyl (C=O) groups excluding carboxylic acids is 1. The van der Waals surface area contributed by atoms with Gasteiger partial charge in [-0.15, -0.1) is 24.8 Å². The summed E-state index contributed by atoms with van der Waals surface area (Å²) in [6.07, 6.45) is 1.99. The molecular formula is C15H22Cl2N4O. The molecule has 0 aliphatic carbocycles. The molecule has 2 unspecified atom stereocenters. The number of nitrogens with one attached hydrogen (secondary N) is 2. The molecule has 122 valence electrons. The fourth-order valence-electron chi connectivity index (χ4n) is 2.84. The highest BCUT2D eigenvalue weighted by atomic mass is 35.5. The smallest absolute Gasteiger partial charge is 0.237 e. The van der Waals surface area contributed by atoms with Crippen LogP contribution in [0, 0.1) is 0 Å². The number of rotatable bonds is 3. The van der Waals surface area contributed by atoms with Crippen LogP contribution >= 0.6 is 24.8 Å². The van der Waals surface area contributed by atoms with Gasteiger partial charge in [-0.3, -0.25) is 4.79 Å². The van der Waals surface area contributed by atoms with E-state index < -0.39 is 0 Å². The van der Waals surface area contributed by atoms with Crippen LogP contribution in [-0.2, 0) is 11.8 Å². The van der Waals surface area contributed by atoms with Crippen LogP contribution in [0.3, 0.4) is 0 Å². The van der Waals surface area contributed by atoms with E-state index in [1.807, 2.05) is 42.8 Å². The highest BCUT2D eigenvalue weighted by Gasteiger charge is 2.24.